The van der Waals surface area contributed by atoms with Crippen LogP contribution in [0.4, 0.5) is 0 Å². The standard InChI is InChI=1S/C14H14O4S2/c1-10-12(14(15)16)3-2-4-13(10)20(17,18)8-6-11-5-7-19-9-11/h2-5,7,9H,6,8H2,1H3,(H,15,16). The highest BCUT2D eigenvalue weighted by Gasteiger charge is 2.20. The summed E-state index contributed by atoms with van der Waals surface area (Å²) < 4.78 is 24.7. The first-order valence-electron chi connectivity index (χ1n) is 5.98. The van der Waals surface area contributed by atoms with Gasteiger partial charge in [-0.1, -0.05) is 6.07 Å². The topological polar surface area (TPSA) is 71.4 Å². The summed E-state index contributed by atoms with van der Waals surface area (Å²) in [6.07, 6.45) is 0.433. The highest BCUT2D eigenvalue weighted by atomic mass is 32.2. The lowest BCUT2D eigenvalue weighted by molar-refractivity contribution is 0.0696. The summed E-state index contributed by atoms with van der Waals surface area (Å²) in [5.74, 6) is -1.13. The van der Waals surface area contributed by atoms with Crippen LogP contribution < -0.4 is 0 Å². The second kappa shape index (κ2) is 5.76. The molecule has 1 N–H and O–H groups in total. The van der Waals surface area contributed by atoms with Crippen LogP contribution in [0.2, 0.25) is 0 Å². The van der Waals surface area contributed by atoms with Crippen molar-refractivity contribution in [2.45, 2.75) is 18.2 Å². The molecule has 0 atom stereocenters. The van der Waals surface area contributed by atoms with Crippen molar-refractivity contribution < 1.29 is 18.3 Å². The van der Waals surface area contributed by atoms with E-state index in [2.05, 4.69) is 0 Å². The molecule has 106 valence electrons. The summed E-state index contributed by atoms with van der Waals surface area (Å²) in [5.41, 5.74) is 1.30. The number of rotatable bonds is 5. The van der Waals surface area contributed by atoms with Gasteiger partial charge in [-0.3, -0.25) is 0 Å². The number of carbonyl (C=O) groups is 1. The minimum atomic E-state index is -3.48. The number of aromatic carboxylic acids is 1. The minimum Gasteiger partial charge on any atom is -0.478 e. The van der Waals surface area contributed by atoms with Crippen LogP contribution in [-0.4, -0.2) is 25.2 Å². The largest absolute Gasteiger partial charge is 0.478 e. The quantitative estimate of drug-likeness (QED) is 0.921. The molecular weight excluding hydrogens is 296 g/mol. The molecule has 1 heterocycles. The molecule has 6 heteroatoms. The Bertz CT molecular complexity index is 716. The molecule has 0 aliphatic carbocycles. The number of hydrogen-bond acceptors (Lipinski definition) is 4. The zero-order valence-corrected chi connectivity index (χ0v) is 12.5. The fourth-order valence-electron chi connectivity index (χ4n) is 1.98. The van der Waals surface area contributed by atoms with Crippen LogP contribution in [-0.2, 0) is 16.3 Å². The molecule has 1 aromatic heterocycles. The van der Waals surface area contributed by atoms with E-state index in [-0.39, 0.29) is 16.2 Å². The van der Waals surface area contributed by atoms with Crippen LogP contribution in [0, 0.1) is 6.92 Å². The number of aryl methyl sites for hydroxylation is 1. The molecule has 0 saturated carbocycles. The molecule has 20 heavy (non-hydrogen) atoms. The van der Waals surface area contributed by atoms with Gasteiger partial charge < -0.3 is 5.11 Å². The van der Waals surface area contributed by atoms with Crippen molar-refractivity contribution in [3.63, 3.8) is 0 Å². The first-order valence-corrected chi connectivity index (χ1v) is 8.58. The van der Waals surface area contributed by atoms with Crippen molar-refractivity contribution >= 4 is 27.1 Å². The third kappa shape index (κ3) is 3.08. The molecule has 2 aromatic rings. The number of benzene rings is 1. The van der Waals surface area contributed by atoms with Crippen LogP contribution in [0.25, 0.3) is 0 Å². The molecule has 0 radical (unpaired) electrons. The Kier molecular flexibility index (Phi) is 4.25. The van der Waals surface area contributed by atoms with Crippen molar-refractivity contribution in [3.8, 4) is 0 Å². The molecule has 0 aliphatic heterocycles. The van der Waals surface area contributed by atoms with E-state index in [1.807, 2.05) is 16.8 Å². The molecule has 2 rings (SSSR count). The van der Waals surface area contributed by atoms with E-state index in [0.717, 1.165) is 5.56 Å². The van der Waals surface area contributed by atoms with Gasteiger partial charge >= 0.3 is 5.97 Å². The summed E-state index contributed by atoms with van der Waals surface area (Å²) in [5, 5.41) is 12.9. The summed E-state index contributed by atoms with van der Waals surface area (Å²) in [6.45, 7) is 1.53. The zero-order valence-electron chi connectivity index (χ0n) is 10.9. The smallest absolute Gasteiger partial charge is 0.335 e. The van der Waals surface area contributed by atoms with Crippen LogP contribution >= 0.6 is 11.3 Å². The summed E-state index contributed by atoms with van der Waals surface area (Å²) in [4.78, 5) is 11.2. The lowest BCUT2D eigenvalue weighted by Gasteiger charge is -2.09. The molecule has 0 amide bonds. The monoisotopic (exact) mass is 310 g/mol. The molecule has 0 fully saturated rings. The van der Waals surface area contributed by atoms with Gasteiger partial charge in [-0.25, -0.2) is 13.2 Å². The number of hydrogen-bond donors (Lipinski definition) is 1. The van der Waals surface area contributed by atoms with Gasteiger partial charge in [-0.2, -0.15) is 11.3 Å². The molecule has 0 spiro atoms. The van der Waals surface area contributed by atoms with Crippen LogP contribution in [0.15, 0.2) is 39.9 Å². The summed E-state index contributed by atoms with van der Waals surface area (Å²) in [7, 11) is -3.48. The fourth-order valence-corrected chi connectivity index (χ4v) is 4.27. The Balaban J connectivity index is 2.30. The minimum absolute atomic E-state index is 0.0202. The second-order valence-electron chi connectivity index (χ2n) is 4.43. The van der Waals surface area contributed by atoms with Crippen molar-refractivity contribution in [1.82, 2.24) is 0 Å². The molecule has 0 saturated heterocycles. The zero-order chi connectivity index (χ0) is 14.8. The van der Waals surface area contributed by atoms with Crippen molar-refractivity contribution in [3.05, 3.63) is 51.7 Å². The van der Waals surface area contributed by atoms with Gasteiger partial charge in [-0.05, 0) is 53.4 Å². The highest BCUT2D eigenvalue weighted by Crippen LogP contribution is 2.21. The van der Waals surface area contributed by atoms with E-state index >= 15 is 0 Å². The third-order valence-electron chi connectivity index (χ3n) is 3.09. The number of sulfone groups is 1. The molecule has 4 nitrogen and oxygen atoms in total. The lowest BCUT2D eigenvalue weighted by atomic mass is 10.1. The Morgan fingerprint density at radius 1 is 1.30 bits per heavy atom. The van der Waals surface area contributed by atoms with E-state index in [4.69, 9.17) is 5.11 Å². The predicted octanol–water partition coefficient (Wildman–Crippen LogP) is 2.77. The van der Waals surface area contributed by atoms with E-state index in [0.29, 0.717) is 12.0 Å². The van der Waals surface area contributed by atoms with Crippen molar-refractivity contribution in [1.29, 1.82) is 0 Å². The molecule has 0 bridgehead atoms. The number of carboxylic acids is 1. The van der Waals surface area contributed by atoms with Gasteiger partial charge in [0.25, 0.3) is 0 Å². The number of thiophene rings is 1. The Labute approximate surface area is 121 Å². The van der Waals surface area contributed by atoms with Gasteiger partial charge in [-0.15, -0.1) is 0 Å². The van der Waals surface area contributed by atoms with Crippen LogP contribution in [0.5, 0.6) is 0 Å². The molecule has 0 aliphatic rings. The molecule has 0 unspecified atom stereocenters. The Morgan fingerprint density at radius 3 is 2.65 bits per heavy atom. The van der Waals surface area contributed by atoms with E-state index in [1.165, 1.54) is 36.5 Å². The fraction of sp³-hybridized carbons (Fsp3) is 0.214. The molecular formula is C14H14O4S2. The SMILES string of the molecule is Cc1c(C(=O)O)cccc1S(=O)(=O)CCc1ccsc1. The van der Waals surface area contributed by atoms with E-state index < -0.39 is 15.8 Å². The van der Waals surface area contributed by atoms with Gasteiger partial charge in [0, 0.05) is 0 Å². The second-order valence-corrected chi connectivity index (χ2v) is 7.29. The van der Waals surface area contributed by atoms with E-state index in [1.54, 1.807) is 0 Å². The summed E-state index contributed by atoms with van der Waals surface area (Å²) >= 11 is 1.52. The number of carboxylic acid groups (broad SMARTS) is 1. The van der Waals surface area contributed by atoms with Gasteiger partial charge in [0.1, 0.15) is 0 Å². The summed E-state index contributed by atoms with van der Waals surface area (Å²) in [6, 6.07) is 6.23. The maximum Gasteiger partial charge on any atom is 0.335 e. The lowest BCUT2D eigenvalue weighted by Crippen LogP contribution is -2.12. The third-order valence-corrected chi connectivity index (χ3v) is 5.68. The first kappa shape index (κ1) is 14.7. The average Bonchev–Trinajstić information content (AvgIpc) is 2.89. The van der Waals surface area contributed by atoms with Crippen molar-refractivity contribution in [2.75, 3.05) is 5.75 Å². The van der Waals surface area contributed by atoms with Crippen LogP contribution in [0.3, 0.4) is 0 Å². The van der Waals surface area contributed by atoms with Crippen LogP contribution in [0.1, 0.15) is 21.5 Å². The Morgan fingerprint density at radius 2 is 2.05 bits per heavy atom. The predicted molar refractivity (Wildman–Crippen MR) is 78.2 cm³/mol. The maximum atomic E-state index is 12.3. The van der Waals surface area contributed by atoms with Gasteiger partial charge in [0.05, 0.1) is 16.2 Å². The first-order chi connectivity index (χ1) is 9.42. The van der Waals surface area contributed by atoms with Gasteiger partial charge in [0.15, 0.2) is 9.84 Å². The van der Waals surface area contributed by atoms with Gasteiger partial charge in [0.2, 0.25) is 0 Å². The maximum absolute atomic E-state index is 12.3. The molecule has 1 aromatic carbocycles. The highest BCUT2D eigenvalue weighted by molar-refractivity contribution is 7.91. The Hall–Kier alpha value is -1.66. The normalized spacial score (nSPS) is 11.4. The average molecular weight is 310 g/mol. The van der Waals surface area contributed by atoms with E-state index in [9.17, 15) is 13.2 Å². The van der Waals surface area contributed by atoms with Crippen molar-refractivity contribution in [2.24, 2.45) is 0 Å².